The van der Waals surface area contributed by atoms with E-state index in [1.165, 1.54) is 20.8 Å². The number of likely N-dealkylation sites (tertiary alicyclic amines) is 1. The molecule has 1 N–H and O–H groups in total. The predicted molar refractivity (Wildman–Crippen MR) is 155 cm³/mol. The van der Waals surface area contributed by atoms with Crippen molar-refractivity contribution in [3.63, 3.8) is 0 Å². The summed E-state index contributed by atoms with van der Waals surface area (Å²) in [7, 11) is -0.314. The van der Waals surface area contributed by atoms with E-state index in [1.807, 2.05) is 24.3 Å². The summed E-state index contributed by atoms with van der Waals surface area (Å²) in [5.41, 5.74) is 2.23. The topological polar surface area (TPSA) is 124 Å². The summed E-state index contributed by atoms with van der Waals surface area (Å²) in [6, 6.07) is 11.1. The zero-order valence-electron chi connectivity index (χ0n) is 22.7. The third-order valence-corrected chi connectivity index (χ3v) is 9.38. The smallest absolute Gasteiger partial charge is 0.281 e. The van der Waals surface area contributed by atoms with E-state index in [9.17, 15) is 18.0 Å². The first-order valence-corrected chi connectivity index (χ1v) is 14.6. The molecule has 2 aromatic heterocycles. The van der Waals surface area contributed by atoms with Gasteiger partial charge in [0.05, 0.1) is 0 Å². The van der Waals surface area contributed by atoms with Gasteiger partial charge in [-0.2, -0.15) is 22.0 Å². The van der Waals surface area contributed by atoms with Gasteiger partial charge in [0.15, 0.2) is 0 Å². The first kappa shape index (κ1) is 27.7. The van der Waals surface area contributed by atoms with E-state index in [4.69, 9.17) is 0 Å². The number of aromatic nitrogens is 3. The highest BCUT2D eigenvalue weighted by Crippen LogP contribution is 2.24. The van der Waals surface area contributed by atoms with Crippen LogP contribution in [0.2, 0.25) is 0 Å². The molecule has 5 rings (SSSR count). The number of hydrogen-bond acceptors (Lipinski definition) is 8. The van der Waals surface area contributed by atoms with Crippen LogP contribution in [-0.4, -0.2) is 95.7 Å². The van der Waals surface area contributed by atoms with Gasteiger partial charge >= 0.3 is 0 Å². The molecule has 0 spiro atoms. The summed E-state index contributed by atoms with van der Waals surface area (Å²) in [4.78, 5) is 37.4. The summed E-state index contributed by atoms with van der Waals surface area (Å²) >= 11 is 0. The molecule has 0 aliphatic carbocycles. The van der Waals surface area contributed by atoms with Crippen molar-refractivity contribution in [1.29, 1.82) is 0 Å². The van der Waals surface area contributed by atoms with Gasteiger partial charge in [-0.3, -0.25) is 14.2 Å². The molecule has 40 heavy (non-hydrogen) atoms. The van der Waals surface area contributed by atoms with E-state index in [0.29, 0.717) is 63.3 Å². The number of pyridine rings is 1. The second-order valence-corrected chi connectivity index (χ2v) is 12.4. The quantitative estimate of drug-likeness (QED) is 0.387. The molecule has 0 bridgehead atoms. The Morgan fingerprint density at radius 2 is 1.80 bits per heavy atom. The van der Waals surface area contributed by atoms with Crippen LogP contribution in [0.3, 0.4) is 0 Å². The number of benzene rings is 1. The number of rotatable bonds is 9. The van der Waals surface area contributed by atoms with Crippen LogP contribution in [0.25, 0.3) is 11.0 Å². The Bertz CT molecular complexity index is 1560. The van der Waals surface area contributed by atoms with Crippen LogP contribution in [0.4, 0.5) is 17.3 Å². The van der Waals surface area contributed by atoms with Gasteiger partial charge in [-0.25, -0.2) is 4.98 Å². The Balaban J connectivity index is 1.23. The second-order valence-electron chi connectivity index (χ2n) is 10.2. The minimum absolute atomic E-state index is 0.0619. The van der Waals surface area contributed by atoms with Gasteiger partial charge in [0.25, 0.3) is 15.8 Å². The third kappa shape index (κ3) is 5.71. The van der Waals surface area contributed by atoms with Crippen molar-refractivity contribution in [2.45, 2.75) is 13.0 Å². The Morgan fingerprint density at radius 3 is 2.45 bits per heavy atom. The average Bonchev–Trinajstić information content (AvgIpc) is 2.93. The first-order valence-electron chi connectivity index (χ1n) is 13.2. The maximum Gasteiger partial charge on any atom is 0.281 e. The molecule has 1 aromatic carbocycles. The molecule has 0 saturated carbocycles. The maximum atomic E-state index is 12.7. The highest BCUT2D eigenvalue weighted by atomic mass is 32.2. The Labute approximate surface area is 233 Å². The number of carbonyl (C=O) groups is 1. The van der Waals surface area contributed by atoms with Crippen LogP contribution in [0, 0.1) is 5.92 Å². The van der Waals surface area contributed by atoms with Crippen LogP contribution in [-0.2, 0) is 21.5 Å². The van der Waals surface area contributed by atoms with Crippen molar-refractivity contribution in [3.8, 4) is 0 Å². The van der Waals surface area contributed by atoms with Gasteiger partial charge in [-0.1, -0.05) is 6.58 Å². The number of fused-ring (bicyclic) bond motifs is 1. The number of nitrogens with one attached hydrogen (secondary N) is 1. The number of anilines is 3. The van der Waals surface area contributed by atoms with Gasteiger partial charge in [0.2, 0.25) is 11.9 Å². The van der Waals surface area contributed by atoms with E-state index in [2.05, 4.69) is 26.8 Å². The summed E-state index contributed by atoms with van der Waals surface area (Å²) in [5, 5.41) is 3.99. The van der Waals surface area contributed by atoms with Crippen molar-refractivity contribution in [2.24, 2.45) is 5.92 Å². The highest BCUT2D eigenvalue weighted by molar-refractivity contribution is 7.86. The van der Waals surface area contributed by atoms with E-state index in [-0.39, 0.29) is 11.5 Å². The maximum absolute atomic E-state index is 12.7. The average molecular weight is 567 g/mol. The molecule has 0 radical (unpaired) electrons. The third-order valence-electron chi connectivity index (χ3n) is 7.44. The zero-order valence-corrected chi connectivity index (χ0v) is 23.5. The van der Waals surface area contributed by atoms with Crippen LogP contribution in [0.1, 0.15) is 6.42 Å². The minimum Gasteiger partial charge on any atom is -0.369 e. The lowest BCUT2D eigenvalue weighted by Crippen LogP contribution is -2.51. The summed E-state index contributed by atoms with van der Waals surface area (Å²) in [6.45, 7) is 7.45. The number of carbonyl (C=O) groups excluding carboxylic acids is 1. The number of hydrogen-bond donors (Lipinski definition) is 1. The SMILES string of the molecule is C=CC(=O)N1CC(CCn2c(=O)ccc3cnc(Nc4ccc(N5CCN(S(=O)(=O)N(C)C)CC5)cc4)nc32)C1. The Kier molecular flexibility index (Phi) is 7.88. The van der Waals surface area contributed by atoms with Gasteiger partial charge in [-0.05, 0) is 48.7 Å². The Hall–Kier alpha value is -3.81. The molecular formula is C27H34N8O4S. The normalized spacial score (nSPS) is 16.8. The van der Waals surface area contributed by atoms with Crippen LogP contribution in [0.5, 0.6) is 0 Å². The summed E-state index contributed by atoms with van der Waals surface area (Å²) in [5.74, 6) is 0.658. The molecule has 4 heterocycles. The minimum atomic E-state index is -3.40. The van der Waals surface area contributed by atoms with Gasteiger partial charge in [0, 0.05) is 88.9 Å². The van der Waals surface area contributed by atoms with E-state index in [0.717, 1.165) is 23.2 Å². The van der Waals surface area contributed by atoms with Crippen molar-refractivity contribution < 1.29 is 13.2 Å². The zero-order chi connectivity index (χ0) is 28.4. The fourth-order valence-electron chi connectivity index (χ4n) is 5.01. The van der Waals surface area contributed by atoms with E-state index >= 15 is 0 Å². The molecule has 13 heteroatoms. The largest absolute Gasteiger partial charge is 0.369 e. The molecule has 0 atom stereocenters. The van der Waals surface area contributed by atoms with Crippen molar-refractivity contribution in [3.05, 3.63) is 65.6 Å². The van der Waals surface area contributed by atoms with Crippen molar-refractivity contribution in [1.82, 2.24) is 28.0 Å². The molecule has 12 nitrogen and oxygen atoms in total. The van der Waals surface area contributed by atoms with Crippen LogP contribution < -0.4 is 15.8 Å². The molecular weight excluding hydrogens is 532 g/mol. The highest BCUT2D eigenvalue weighted by Gasteiger charge is 2.30. The standard InChI is InChI=1S/C27H34N8O4S/c1-4-24(36)33-18-20(19-33)11-12-35-25(37)10-5-21-17-28-27(30-26(21)35)29-22-6-8-23(9-7-22)32-13-15-34(16-14-32)40(38,39)31(2)3/h4-10,17,20H,1,11-16,18-19H2,2-3H3,(H,28,29,30). The van der Waals surface area contributed by atoms with Crippen molar-refractivity contribution in [2.75, 3.05) is 63.6 Å². The summed E-state index contributed by atoms with van der Waals surface area (Å²) in [6.07, 6.45) is 3.79. The number of amides is 1. The number of piperazine rings is 1. The van der Waals surface area contributed by atoms with Crippen LogP contribution in [0.15, 0.2) is 60.0 Å². The van der Waals surface area contributed by atoms with Gasteiger partial charge in [0.1, 0.15) is 5.65 Å². The molecule has 2 aliphatic rings. The van der Waals surface area contributed by atoms with Crippen molar-refractivity contribution >= 4 is 44.5 Å². The monoisotopic (exact) mass is 566 g/mol. The molecule has 2 aliphatic heterocycles. The summed E-state index contributed by atoms with van der Waals surface area (Å²) < 4.78 is 29.2. The Morgan fingerprint density at radius 1 is 1.10 bits per heavy atom. The molecule has 0 unspecified atom stereocenters. The lowest BCUT2D eigenvalue weighted by Gasteiger charge is -2.38. The number of nitrogens with zero attached hydrogens (tertiary/aromatic N) is 7. The lowest BCUT2D eigenvalue weighted by atomic mass is 9.96. The first-order chi connectivity index (χ1) is 19.2. The molecule has 212 valence electrons. The van der Waals surface area contributed by atoms with Crippen LogP contribution >= 0.6 is 0 Å². The number of aryl methyl sites for hydroxylation is 1. The predicted octanol–water partition coefficient (Wildman–Crippen LogP) is 1.50. The van der Waals surface area contributed by atoms with Gasteiger partial charge < -0.3 is 15.1 Å². The molecule has 1 amide bonds. The lowest BCUT2D eigenvalue weighted by molar-refractivity contribution is -0.132. The van der Waals surface area contributed by atoms with E-state index < -0.39 is 10.2 Å². The molecule has 2 saturated heterocycles. The fourth-order valence-corrected chi connectivity index (χ4v) is 6.10. The molecule has 2 fully saturated rings. The van der Waals surface area contributed by atoms with Gasteiger partial charge in [-0.15, -0.1) is 0 Å². The fraction of sp³-hybridized carbons (Fsp3) is 0.407. The molecule has 3 aromatic rings. The second kappa shape index (κ2) is 11.4. The van der Waals surface area contributed by atoms with E-state index in [1.54, 1.807) is 35.8 Å².